The summed E-state index contributed by atoms with van der Waals surface area (Å²) in [7, 11) is 1.40. The molecule has 0 aliphatic carbocycles. The predicted molar refractivity (Wildman–Crippen MR) is 69.7 cm³/mol. The average Bonchev–Trinajstić information content (AvgIpc) is 2.41. The summed E-state index contributed by atoms with van der Waals surface area (Å²) in [6, 6.07) is 2.44. The zero-order valence-electron chi connectivity index (χ0n) is 11.7. The number of amides is 1. The molecule has 0 saturated carbocycles. The largest absolute Gasteiger partial charge is 0.478 e. The molecule has 1 N–H and O–H groups in total. The van der Waals surface area contributed by atoms with Crippen molar-refractivity contribution in [3.63, 3.8) is 0 Å². The Labute approximate surface area is 120 Å². The van der Waals surface area contributed by atoms with Gasteiger partial charge < -0.3 is 14.7 Å². The topological polar surface area (TPSA) is 79.7 Å². The van der Waals surface area contributed by atoms with Gasteiger partial charge in [-0.1, -0.05) is 0 Å². The number of carbonyl (C=O) groups excluding carboxylic acids is 1. The first-order valence-corrected chi connectivity index (χ1v) is 6.14. The van der Waals surface area contributed by atoms with E-state index in [1.807, 2.05) is 0 Å². The van der Waals surface area contributed by atoms with E-state index >= 15 is 0 Å². The fourth-order valence-electron chi connectivity index (χ4n) is 1.71. The van der Waals surface area contributed by atoms with Crippen molar-refractivity contribution < 1.29 is 28.2 Å². The first-order chi connectivity index (χ1) is 9.86. The molecule has 0 unspecified atom stereocenters. The van der Waals surface area contributed by atoms with Crippen LogP contribution < -0.4 is 0 Å². The Balaban J connectivity index is 2.97. The summed E-state index contributed by atoms with van der Waals surface area (Å²) in [5.74, 6) is -1.85. The minimum atomic E-state index is -2.68. The fourth-order valence-corrected chi connectivity index (χ4v) is 1.71. The van der Waals surface area contributed by atoms with E-state index in [9.17, 15) is 18.4 Å². The van der Waals surface area contributed by atoms with Crippen LogP contribution in [0.25, 0.3) is 0 Å². The van der Waals surface area contributed by atoms with E-state index in [1.165, 1.54) is 26.2 Å². The molecule has 0 aliphatic heterocycles. The maximum Gasteiger partial charge on any atom is 0.337 e. The number of pyridine rings is 1. The van der Waals surface area contributed by atoms with Crippen molar-refractivity contribution >= 4 is 11.9 Å². The highest BCUT2D eigenvalue weighted by atomic mass is 19.3. The molecule has 8 heteroatoms. The number of ether oxygens (including phenoxy) is 1. The minimum Gasteiger partial charge on any atom is -0.478 e. The van der Waals surface area contributed by atoms with Gasteiger partial charge in [-0.05, 0) is 19.1 Å². The highest BCUT2D eigenvalue weighted by Gasteiger charge is 2.21. The maximum atomic E-state index is 12.5. The van der Waals surface area contributed by atoms with Crippen molar-refractivity contribution in [2.75, 3.05) is 26.8 Å². The number of aryl methyl sites for hydroxylation is 1. The quantitative estimate of drug-likeness (QED) is 0.824. The lowest BCUT2D eigenvalue weighted by Gasteiger charge is -2.21. The molecule has 1 rings (SSSR count). The van der Waals surface area contributed by atoms with E-state index in [0.29, 0.717) is 0 Å². The molecule has 0 fully saturated rings. The third-order valence-corrected chi connectivity index (χ3v) is 2.75. The predicted octanol–water partition coefficient (Wildman–Crippen LogP) is 1.44. The molecule has 0 spiro atoms. The minimum absolute atomic E-state index is 0.00107. The second kappa shape index (κ2) is 7.63. The lowest BCUT2D eigenvalue weighted by molar-refractivity contribution is 0.0473. The number of nitrogens with zero attached hydrogens (tertiary/aromatic N) is 2. The average molecular weight is 302 g/mol. The lowest BCUT2D eigenvalue weighted by Crippen LogP contribution is -2.38. The van der Waals surface area contributed by atoms with Gasteiger partial charge in [0, 0.05) is 13.7 Å². The van der Waals surface area contributed by atoms with Gasteiger partial charge in [-0.25, -0.2) is 18.6 Å². The SMILES string of the molecule is COCCN(CC(F)F)C(=O)c1ccc(C(=O)O)c(C)n1. The number of carbonyl (C=O) groups is 2. The van der Waals surface area contributed by atoms with E-state index in [0.717, 1.165) is 4.90 Å². The van der Waals surface area contributed by atoms with Crippen molar-refractivity contribution in [2.24, 2.45) is 0 Å². The van der Waals surface area contributed by atoms with E-state index in [4.69, 9.17) is 9.84 Å². The van der Waals surface area contributed by atoms with E-state index < -0.39 is 24.8 Å². The van der Waals surface area contributed by atoms with Crippen LogP contribution in [0.5, 0.6) is 0 Å². The summed E-state index contributed by atoms with van der Waals surface area (Å²) in [6.45, 7) is 0.822. The third-order valence-electron chi connectivity index (χ3n) is 2.75. The molecule has 116 valence electrons. The van der Waals surface area contributed by atoms with Gasteiger partial charge in [-0.3, -0.25) is 4.79 Å². The van der Waals surface area contributed by atoms with Gasteiger partial charge in [0.05, 0.1) is 24.4 Å². The van der Waals surface area contributed by atoms with Gasteiger partial charge in [0.1, 0.15) is 5.69 Å². The Kier molecular flexibility index (Phi) is 6.16. The molecule has 1 aromatic heterocycles. The third kappa shape index (κ3) is 4.75. The summed E-state index contributed by atoms with van der Waals surface area (Å²) >= 11 is 0. The van der Waals surface area contributed by atoms with Crippen LogP contribution in [0.15, 0.2) is 12.1 Å². The molecule has 1 amide bonds. The standard InChI is InChI=1S/C13H16F2N2O4/c1-8-9(13(19)20)3-4-10(16-8)12(18)17(5-6-21-2)7-11(14)15/h3-4,11H,5-7H2,1-2H3,(H,19,20). The molecule has 0 saturated heterocycles. The first kappa shape index (κ1) is 17.0. The zero-order valence-corrected chi connectivity index (χ0v) is 11.7. The van der Waals surface area contributed by atoms with E-state index in [1.54, 1.807) is 0 Å². The number of aromatic nitrogens is 1. The van der Waals surface area contributed by atoms with Crippen LogP contribution in [0.4, 0.5) is 8.78 Å². The Morgan fingerprint density at radius 2 is 2.10 bits per heavy atom. The van der Waals surface area contributed by atoms with Gasteiger partial charge in [-0.2, -0.15) is 0 Å². The second-order valence-electron chi connectivity index (χ2n) is 4.27. The molecular weight excluding hydrogens is 286 g/mol. The van der Waals surface area contributed by atoms with Crippen molar-refractivity contribution in [2.45, 2.75) is 13.3 Å². The number of hydrogen-bond donors (Lipinski definition) is 1. The van der Waals surface area contributed by atoms with E-state index in [2.05, 4.69) is 4.98 Å². The Bertz CT molecular complexity index is 523. The molecule has 0 radical (unpaired) electrons. The monoisotopic (exact) mass is 302 g/mol. The zero-order chi connectivity index (χ0) is 16.0. The van der Waals surface area contributed by atoms with Gasteiger partial charge in [-0.15, -0.1) is 0 Å². The number of hydrogen-bond acceptors (Lipinski definition) is 4. The summed E-state index contributed by atoms with van der Waals surface area (Å²) < 4.78 is 29.8. The summed E-state index contributed by atoms with van der Waals surface area (Å²) in [4.78, 5) is 27.8. The molecule has 1 heterocycles. The van der Waals surface area contributed by atoms with Crippen LogP contribution in [0.1, 0.15) is 26.5 Å². The fraction of sp³-hybridized carbons (Fsp3) is 0.462. The number of alkyl halides is 2. The first-order valence-electron chi connectivity index (χ1n) is 6.14. The smallest absolute Gasteiger partial charge is 0.337 e. The summed E-state index contributed by atoms with van der Waals surface area (Å²) in [6.07, 6.45) is -2.68. The van der Waals surface area contributed by atoms with Gasteiger partial charge >= 0.3 is 5.97 Å². The van der Waals surface area contributed by atoms with Crippen molar-refractivity contribution in [1.29, 1.82) is 0 Å². The second-order valence-corrected chi connectivity index (χ2v) is 4.27. The number of aromatic carboxylic acids is 1. The Hall–Kier alpha value is -2.09. The number of rotatable bonds is 7. The number of methoxy groups -OCH3 is 1. The van der Waals surface area contributed by atoms with Crippen LogP contribution in [0.3, 0.4) is 0 Å². The van der Waals surface area contributed by atoms with Crippen LogP contribution in [0.2, 0.25) is 0 Å². The molecule has 1 aromatic rings. The van der Waals surface area contributed by atoms with Gasteiger partial charge in [0.25, 0.3) is 12.3 Å². The van der Waals surface area contributed by atoms with Gasteiger partial charge in [0.2, 0.25) is 0 Å². The Morgan fingerprint density at radius 3 is 2.57 bits per heavy atom. The van der Waals surface area contributed by atoms with Crippen LogP contribution >= 0.6 is 0 Å². The molecule has 21 heavy (non-hydrogen) atoms. The summed E-state index contributed by atoms with van der Waals surface area (Å²) in [5, 5.41) is 8.89. The molecular formula is C13H16F2N2O4. The molecule has 0 atom stereocenters. The highest BCUT2D eigenvalue weighted by molar-refractivity contribution is 5.94. The van der Waals surface area contributed by atoms with Crippen molar-refractivity contribution in [3.05, 3.63) is 29.1 Å². The van der Waals surface area contributed by atoms with Crippen molar-refractivity contribution in [1.82, 2.24) is 9.88 Å². The maximum absolute atomic E-state index is 12.5. The lowest BCUT2D eigenvalue weighted by atomic mass is 10.2. The molecule has 0 aromatic carbocycles. The number of halogens is 2. The summed E-state index contributed by atoms with van der Waals surface area (Å²) in [5.41, 5.74) is 0.0372. The van der Waals surface area contributed by atoms with Crippen LogP contribution in [-0.4, -0.2) is 60.1 Å². The van der Waals surface area contributed by atoms with Crippen LogP contribution in [0, 0.1) is 6.92 Å². The molecule has 0 aliphatic rings. The number of carboxylic acids is 1. The molecule has 6 nitrogen and oxygen atoms in total. The Morgan fingerprint density at radius 1 is 1.43 bits per heavy atom. The van der Waals surface area contributed by atoms with E-state index in [-0.39, 0.29) is 30.1 Å². The van der Waals surface area contributed by atoms with Crippen LogP contribution in [-0.2, 0) is 4.74 Å². The van der Waals surface area contributed by atoms with Gasteiger partial charge in [0.15, 0.2) is 0 Å². The number of carboxylic acid groups (broad SMARTS) is 1. The normalized spacial score (nSPS) is 10.7. The molecule has 0 bridgehead atoms. The highest BCUT2D eigenvalue weighted by Crippen LogP contribution is 2.10. The van der Waals surface area contributed by atoms with Crippen molar-refractivity contribution in [3.8, 4) is 0 Å².